The van der Waals surface area contributed by atoms with Crippen LogP contribution in [0, 0.1) is 0 Å². The molecule has 0 aliphatic heterocycles. The molecule has 0 aromatic heterocycles. The molecule has 18 heavy (non-hydrogen) atoms. The Kier molecular flexibility index (Phi) is 5.34. The van der Waals surface area contributed by atoms with E-state index in [0.717, 1.165) is 5.56 Å². The van der Waals surface area contributed by atoms with E-state index in [-0.39, 0.29) is 6.04 Å². The summed E-state index contributed by atoms with van der Waals surface area (Å²) < 4.78 is 37.8. The number of nitrogens with zero attached hydrogens (tertiary/aromatic N) is 1. The van der Waals surface area contributed by atoms with Crippen molar-refractivity contribution in [1.29, 1.82) is 0 Å². The van der Waals surface area contributed by atoms with Gasteiger partial charge in [0.05, 0.1) is 0 Å². The number of hydrogen-bond acceptors (Lipinski definition) is 1. The van der Waals surface area contributed by atoms with Crippen LogP contribution in [0.25, 0.3) is 0 Å². The second kappa shape index (κ2) is 6.15. The molecule has 0 unspecified atom stereocenters. The molecule has 0 fully saturated rings. The smallest absolute Gasteiger partial charge is 0.360 e. The van der Waals surface area contributed by atoms with Crippen molar-refractivity contribution < 1.29 is 13.2 Å². The van der Waals surface area contributed by atoms with Gasteiger partial charge in [-0.3, -0.25) is 0 Å². The molecule has 0 heterocycles. The largest absolute Gasteiger partial charge is 0.405 e. The van der Waals surface area contributed by atoms with E-state index in [2.05, 4.69) is 15.9 Å². The minimum atomic E-state index is -4.23. The first kappa shape index (κ1) is 15.6. The van der Waals surface area contributed by atoms with Gasteiger partial charge in [0, 0.05) is 22.1 Å². The van der Waals surface area contributed by atoms with Crippen LogP contribution in [0.15, 0.2) is 18.2 Å². The Morgan fingerprint density at radius 2 is 1.94 bits per heavy atom. The monoisotopic (exact) mass is 343 g/mol. The van der Waals surface area contributed by atoms with E-state index in [1.807, 2.05) is 0 Å². The summed E-state index contributed by atoms with van der Waals surface area (Å²) in [5.74, 6) is 0. The van der Waals surface area contributed by atoms with E-state index >= 15 is 0 Å². The Balaban J connectivity index is 3.13. The molecule has 0 radical (unpaired) electrons. The van der Waals surface area contributed by atoms with Crippen molar-refractivity contribution in [3.8, 4) is 0 Å². The zero-order valence-electron chi connectivity index (χ0n) is 10.1. The fraction of sp³-hybridized carbons (Fsp3) is 0.500. The Morgan fingerprint density at radius 1 is 1.33 bits per heavy atom. The average molecular weight is 345 g/mol. The van der Waals surface area contributed by atoms with E-state index in [9.17, 15) is 13.2 Å². The van der Waals surface area contributed by atoms with Gasteiger partial charge in [-0.25, -0.2) is 0 Å². The van der Waals surface area contributed by atoms with Crippen LogP contribution in [0.2, 0.25) is 5.02 Å². The van der Waals surface area contributed by atoms with E-state index in [1.165, 1.54) is 4.90 Å². The van der Waals surface area contributed by atoms with Gasteiger partial charge in [0.25, 0.3) is 0 Å². The van der Waals surface area contributed by atoms with Gasteiger partial charge in [0.2, 0.25) is 0 Å². The van der Waals surface area contributed by atoms with Crippen LogP contribution < -0.4 is 4.90 Å². The second-order valence-corrected chi connectivity index (χ2v) is 5.24. The summed E-state index contributed by atoms with van der Waals surface area (Å²) in [5, 5.41) is 0.980. The molecule has 1 aromatic carbocycles. The second-order valence-electron chi connectivity index (χ2n) is 4.24. The van der Waals surface area contributed by atoms with Gasteiger partial charge in [-0.05, 0) is 37.6 Å². The Labute approximate surface area is 118 Å². The average Bonchev–Trinajstić information content (AvgIpc) is 2.24. The maximum Gasteiger partial charge on any atom is 0.405 e. The third-order valence-corrected chi connectivity index (χ3v) is 3.31. The Morgan fingerprint density at radius 3 is 2.39 bits per heavy atom. The SMILES string of the molecule is CC(C)N(CC(F)(F)F)c1ccc(Cl)cc1CBr. The molecule has 0 atom stereocenters. The van der Waals surface area contributed by atoms with Crippen LogP contribution in [0.3, 0.4) is 0 Å². The molecule has 1 aromatic rings. The van der Waals surface area contributed by atoms with Crippen LogP contribution in [-0.2, 0) is 5.33 Å². The molecule has 0 saturated carbocycles. The molecule has 0 saturated heterocycles. The third-order valence-electron chi connectivity index (χ3n) is 2.47. The summed E-state index contributed by atoms with van der Waals surface area (Å²) in [4.78, 5) is 1.33. The lowest BCUT2D eigenvalue weighted by atomic mass is 10.1. The van der Waals surface area contributed by atoms with Crippen molar-refractivity contribution in [3.05, 3.63) is 28.8 Å². The topological polar surface area (TPSA) is 3.24 Å². The number of benzene rings is 1. The fourth-order valence-corrected chi connectivity index (χ4v) is 2.32. The molecule has 0 aliphatic carbocycles. The number of alkyl halides is 4. The van der Waals surface area contributed by atoms with Gasteiger partial charge < -0.3 is 4.90 Å². The van der Waals surface area contributed by atoms with Crippen LogP contribution in [0.5, 0.6) is 0 Å². The molecule has 6 heteroatoms. The van der Waals surface area contributed by atoms with Crippen molar-refractivity contribution >= 4 is 33.2 Å². The molecule has 0 aliphatic rings. The standard InChI is InChI=1S/C12H14BrClF3N/c1-8(2)18(7-12(15,16)17)11-4-3-10(14)5-9(11)6-13/h3-5,8H,6-7H2,1-2H3. The highest BCUT2D eigenvalue weighted by Crippen LogP contribution is 2.30. The lowest BCUT2D eigenvalue weighted by Gasteiger charge is -2.31. The third kappa shape index (κ3) is 4.35. The van der Waals surface area contributed by atoms with Crippen molar-refractivity contribution in [2.75, 3.05) is 11.4 Å². The van der Waals surface area contributed by atoms with Gasteiger partial charge in [-0.15, -0.1) is 0 Å². The van der Waals surface area contributed by atoms with Crippen LogP contribution in [0.1, 0.15) is 19.4 Å². The molecule has 0 amide bonds. The van der Waals surface area contributed by atoms with Crippen molar-refractivity contribution in [1.82, 2.24) is 0 Å². The summed E-state index contributed by atoms with van der Waals surface area (Å²) in [5.41, 5.74) is 1.31. The molecular weight excluding hydrogens is 330 g/mol. The normalized spacial score (nSPS) is 12.0. The Bertz CT molecular complexity index is 407. The summed E-state index contributed by atoms with van der Waals surface area (Å²) >= 11 is 9.12. The summed E-state index contributed by atoms with van der Waals surface area (Å²) in [6.45, 7) is 2.50. The van der Waals surface area contributed by atoms with E-state index in [1.54, 1.807) is 32.0 Å². The van der Waals surface area contributed by atoms with Crippen molar-refractivity contribution in [3.63, 3.8) is 0 Å². The lowest BCUT2D eigenvalue weighted by Crippen LogP contribution is -2.39. The number of rotatable bonds is 4. The quantitative estimate of drug-likeness (QED) is 0.694. The first-order valence-electron chi connectivity index (χ1n) is 5.42. The van der Waals surface area contributed by atoms with Crippen molar-refractivity contribution in [2.45, 2.75) is 31.4 Å². The fourth-order valence-electron chi connectivity index (χ4n) is 1.68. The highest BCUT2D eigenvalue weighted by molar-refractivity contribution is 9.08. The molecule has 0 N–H and O–H groups in total. The minimum absolute atomic E-state index is 0.245. The maximum absolute atomic E-state index is 12.6. The van der Waals surface area contributed by atoms with Gasteiger partial charge in [-0.1, -0.05) is 27.5 Å². The van der Waals surface area contributed by atoms with Crippen LogP contribution in [0.4, 0.5) is 18.9 Å². The van der Waals surface area contributed by atoms with Crippen LogP contribution >= 0.6 is 27.5 Å². The van der Waals surface area contributed by atoms with Gasteiger partial charge in [0.1, 0.15) is 6.54 Å². The van der Waals surface area contributed by atoms with Gasteiger partial charge >= 0.3 is 6.18 Å². The zero-order chi connectivity index (χ0) is 13.9. The first-order valence-corrected chi connectivity index (χ1v) is 6.92. The molecule has 1 rings (SSSR count). The van der Waals surface area contributed by atoms with Gasteiger partial charge in [0.15, 0.2) is 0 Å². The maximum atomic E-state index is 12.6. The number of anilines is 1. The summed E-state index contributed by atoms with van der Waals surface area (Å²) in [6.07, 6.45) is -4.23. The van der Waals surface area contributed by atoms with Gasteiger partial charge in [-0.2, -0.15) is 13.2 Å². The number of halogens is 5. The first-order chi connectivity index (χ1) is 8.24. The Hall–Kier alpha value is -0.420. The minimum Gasteiger partial charge on any atom is -0.360 e. The summed E-state index contributed by atoms with van der Waals surface area (Å²) in [7, 11) is 0. The highest BCUT2D eigenvalue weighted by Gasteiger charge is 2.32. The van der Waals surface area contributed by atoms with E-state index < -0.39 is 12.7 Å². The van der Waals surface area contributed by atoms with Crippen molar-refractivity contribution in [2.24, 2.45) is 0 Å². The van der Waals surface area contributed by atoms with Crippen LogP contribution in [-0.4, -0.2) is 18.8 Å². The highest BCUT2D eigenvalue weighted by atomic mass is 79.9. The molecule has 0 bridgehead atoms. The molecule has 102 valence electrons. The van der Waals surface area contributed by atoms with E-state index in [4.69, 9.17) is 11.6 Å². The predicted molar refractivity (Wildman–Crippen MR) is 72.6 cm³/mol. The molecular formula is C12H14BrClF3N. The summed E-state index contributed by atoms with van der Waals surface area (Å²) in [6, 6.07) is 4.67. The number of hydrogen-bond donors (Lipinski definition) is 0. The zero-order valence-corrected chi connectivity index (χ0v) is 12.4. The van der Waals surface area contributed by atoms with E-state index in [0.29, 0.717) is 16.0 Å². The lowest BCUT2D eigenvalue weighted by molar-refractivity contribution is -0.120. The predicted octanol–water partition coefficient (Wildman–Crippen LogP) is 5.01. The molecule has 1 nitrogen and oxygen atoms in total. The molecule has 0 spiro atoms.